The minimum Gasteiger partial charge on any atom is -0.376 e. The molecule has 2 aliphatic rings. The fourth-order valence-electron chi connectivity index (χ4n) is 3.67. The normalized spacial score (nSPS) is 19.1. The molecular formula is C19H20Cl2N2O2S. The third-order valence-electron chi connectivity index (χ3n) is 4.99. The summed E-state index contributed by atoms with van der Waals surface area (Å²) < 4.78 is 7.56. The minimum absolute atomic E-state index is 0.144. The van der Waals surface area contributed by atoms with Crippen molar-refractivity contribution in [3.05, 3.63) is 55.5 Å². The Morgan fingerprint density at radius 1 is 1.27 bits per heavy atom. The highest BCUT2D eigenvalue weighted by atomic mass is 35.5. The van der Waals surface area contributed by atoms with Crippen LogP contribution in [0.15, 0.2) is 28.0 Å². The Labute approximate surface area is 166 Å². The monoisotopic (exact) mass is 410 g/mol. The van der Waals surface area contributed by atoms with E-state index >= 15 is 0 Å². The average Bonchev–Trinajstić information content (AvgIpc) is 3.28. The van der Waals surface area contributed by atoms with Crippen molar-refractivity contribution in [1.29, 1.82) is 0 Å². The van der Waals surface area contributed by atoms with Crippen LogP contribution < -0.4 is 5.69 Å². The summed E-state index contributed by atoms with van der Waals surface area (Å²) in [5.74, 6) is 0.671. The molecule has 1 fully saturated rings. The van der Waals surface area contributed by atoms with Gasteiger partial charge in [-0.1, -0.05) is 29.3 Å². The molecule has 4 nitrogen and oxygen atoms in total. The molecule has 1 atom stereocenters. The Bertz CT molecular complexity index is 879. The summed E-state index contributed by atoms with van der Waals surface area (Å²) in [5.41, 5.74) is 3.20. The average molecular weight is 411 g/mol. The van der Waals surface area contributed by atoms with Crippen molar-refractivity contribution in [3.8, 4) is 0 Å². The lowest BCUT2D eigenvalue weighted by Gasteiger charge is -2.17. The maximum Gasteiger partial charge on any atom is 0.348 e. The van der Waals surface area contributed by atoms with Gasteiger partial charge < -0.3 is 4.74 Å². The molecule has 26 heavy (non-hydrogen) atoms. The molecule has 0 spiro atoms. The zero-order chi connectivity index (χ0) is 18.1. The van der Waals surface area contributed by atoms with Gasteiger partial charge in [0.25, 0.3) is 0 Å². The van der Waals surface area contributed by atoms with Gasteiger partial charge in [0.2, 0.25) is 0 Å². The first kappa shape index (κ1) is 18.4. The van der Waals surface area contributed by atoms with E-state index in [0.29, 0.717) is 22.3 Å². The second-order valence-electron chi connectivity index (χ2n) is 6.75. The highest BCUT2D eigenvalue weighted by Crippen LogP contribution is 2.33. The third-order valence-corrected chi connectivity index (χ3v) is 6.64. The molecule has 1 saturated heterocycles. The first-order valence-electron chi connectivity index (χ1n) is 8.93. The van der Waals surface area contributed by atoms with Crippen molar-refractivity contribution in [3.63, 3.8) is 0 Å². The summed E-state index contributed by atoms with van der Waals surface area (Å²) in [4.78, 5) is 17.0. The fourth-order valence-corrected chi connectivity index (χ4v) is 5.31. The SMILES string of the molecule is O=c1nc(SCc2ccc(Cl)cc2Cl)c2c(n1C[C@@H]1CCCO1)CCC2. The fraction of sp³-hybridized carbons (Fsp3) is 0.474. The van der Waals surface area contributed by atoms with Crippen LogP contribution in [0.2, 0.25) is 10.0 Å². The zero-order valence-electron chi connectivity index (χ0n) is 14.3. The van der Waals surface area contributed by atoms with Crippen LogP contribution in [0.4, 0.5) is 0 Å². The molecule has 1 aliphatic carbocycles. The van der Waals surface area contributed by atoms with E-state index in [0.717, 1.165) is 55.0 Å². The van der Waals surface area contributed by atoms with Crippen LogP contribution in [-0.4, -0.2) is 22.3 Å². The second kappa shape index (κ2) is 7.93. The van der Waals surface area contributed by atoms with Crippen LogP contribution in [0.5, 0.6) is 0 Å². The lowest BCUT2D eigenvalue weighted by atomic mass is 10.2. The Morgan fingerprint density at radius 2 is 2.15 bits per heavy atom. The Hall–Kier alpha value is -1.01. The molecule has 2 heterocycles. The summed E-state index contributed by atoms with van der Waals surface area (Å²) in [6.07, 6.45) is 5.23. The van der Waals surface area contributed by atoms with Gasteiger partial charge in [0.05, 0.1) is 12.6 Å². The van der Waals surface area contributed by atoms with Gasteiger partial charge in [0.1, 0.15) is 5.03 Å². The number of nitrogens with zero attached hydrogens (tertiary/aromatic N) is 2. The van der Waals surface area contributed by atoms with Crippen molar-refractivity contribution < 1.29 is 4.74 Å². The maximum absolute atomic E-state index is 12.6. The van der Waals surface area contributed by atoms with Crippen LogP contribution >= 0.6 is 35.0 Å². The predicted molar refractivity (Wildman–Crippen MR) is 106 cm³/mol. The van der Waals surface area contributed by atoms with Gasteiger partial charge in [-0.05, 0) is 49.8 Å². The van der Waals surface area contributed by atoms with Gasteiger partial charge in [-0.15, -0.1) is 11.8 Å². The molecule has 2 aromatic rings. The molecule has 0 bridgehead atoms. The van der Waals surface area contributed by atoms with Gasteiger partial charge >= 0.3 is 5.69 Å². The van der Waals surface area contributed by atoms with Gasteiger partial charge in [0.15, 0.2) is 0 Å². The number of rotatable bonds is 5. The standard InChI is InChI=1S/C19H20Cl2N2O2S/c20-13-7-6-12(16(21)9-13)11-26-18-15-4-1-5-17(15)23(19(24)22-18)10-14-3-2-8-25-14/h6-7,9,14H,1-5,8,10-11H2/t14-/m0/s1. The molecule has 0 amide bonds. The molecule has 0 saturated carbocycles. The number of hydrogen-bond donors (Lipinski definition) is 0. The Kier molecular flexibility index (Phi) is 5.60. The van der Waals surface area contributed by atoms with E-state index in [1.54, 1.807) is 17.8 Å². The summed E-state index contributed by atoms with van der Waals surface area (Å²) >= 11 is 13.8. The number of hydrogen-bond acceptors (Lipinski definition) is 4. The Balaban J connectivity index is 1.58. The molecule has 0 N–H and O–H groups in total. The van der Waals surface area contributed by atoms with Crippen LogP contribution in [0, 0.1) is 0 Å². The summed E-state index contributed by atoms with van der Waals surface area (Å²) in [5, 5.41) is 2.12. The van der Waals surface area contributed by atoms with Gasteiger partial charge in [-0.25, -0.2) is 4.79 Å². The van der Waals surface area contributed by atoms with Gasteiger partial charge in [-0.2, -0.15) is 4.98 Å². The number of thioether (sulfide) groups is 1. The van der Waals surface area contributed by atoms with Crippen molar-refractivity contribution in [2.24, 2.45) is 0 Å². The summed E-state index contributed by atoms with van der Waals surface area (Å²) in [7, 11) is 0. The lowest BCUT2D eigenvalue weighted by Crippen LogP contribution is -2.31. The van der Waals surface area contributed by atoms with E-state index in [4.69, 9.17) is 27.9 Å². The molecule has 1 aliphatic heterocycles. The molecule has 4 rings (SSSR count). The van der Waals surface area contributed by atoms with Gasteiger partial charge in [-0.3, -0.25) is 4.57 Å². The van der Waals surface area contributed by atoms with Crippen LogP contribution in [0.1, 0.15) is 36.1 Å². The molecule has 7 heteroatoms. The highest BCUT2D eigenvalue weighted by molar-refractivity contribution is 7.98. The molecule has 0 unspecified atom stereocenters. The Morgan fingerprint density at radius 3 is 2.92 bits per heavy atom. The van der Waals surface area contributed by atoms with E-state index in [1.165, 1.54) is 5.56 Å². The van der Waals surface area contributed by atoms with Crippen molar-refractivity contribution in [1.82, 2.24) is 9.55 Å². The topological polar surface area (TPSA) is 44.1 Å². The third kappa shape index (κ3) is 3.81. The molecule has 0 radical (unpaired) electrons. The predicted octanol–water partition coefficient (Wildman–Crippen LogP) is 4.51. The largest absolute Gasteiger partial charge is 0.376 e. The van der Waals surface area contributed by atoms with E-state index in [1.807, 2.05) is 16.7 Å². The number of benzene rings is 1. The van der Waals surface area contributed by atoms with Crippen LogP contribution in [0.25, 0.3) is 0 Å². The first-order chi connectivity index (χ1) is 12.6. The summed E-state index contributed by atoms with van der Waals surface area (Å²) in [6.45, 7) is 1.42. The van der Waals surface area contributed by atoms with E-state index in [9.17, 15) is 4.79 Å². The number of halogens is 2. The van der Waals surface area contributed by atoms with Crippen LogP contribution in [-0.2, 0) is 29.9 Å². The van der Waals surface area contributed by atoms with Crippen molar-refractivity contribution in [2.75, 3.05) is 6.61 Å². The summed E-state index contributed by atoms with van der Waals surface area (Å²) in [6, 6.07) is 5.51. The number of aromatic nitrogens is 2. The molecular weight excluding hydrogens is 391 g/mol. The molecule has 1 aromatic carbocycles. The van der Waals surface area contributed by atoms with Gasteiger partial charge in [0, 0.05) is 33.7 Å². The number of ether oxygens (including phenoxy) is 1. The minimum atomic E-state index is -0.161. The lowest BCUT2D eigenvalue weighted by molar-refractivity contribution is 0.0950. The van der Waals surface area contributed by atoms with E-state index in [-0.39, 0.29) is 11.8 Å². The van der Waals surface area contributed by atoms with Crippen LogP contribution in [0.3, 0.4) is 0 Å². The smallest absolute Gasteiger partial charge is 0.348 e. The molecule has 138 valence electrons. The molecule has 1 aromatic heterocycles. The zero-order valence-corrected chi connectivity index (χ0v) is 16.7. The number of fused-ring (bicyclic) bond motifs is 1. The second-order valence-corrected chi connectivity index (χ2v) is 8.56. The first-order valence-corrected chi connectivity index (χ1v) is 10.7. The van der Waals surface area contributed by atoms with E-state index < -0.39 is 0 Å². The van der Waals surface area contributed by atoms with Crippen molar-refractivity contribution in [2.45, 2.75) is 55.5 Å². The highest BCUT2D eigenvalue weighted by Gasteiger charge is 2.25. The maximum atomic E-state index is 12.6. The quantitative estimate of drug-likeness (QED) is 0.537. The van der Waals surface area contributed by atoms with E-state index in [2.05, 4.69) is 4.98 Å². The van der Waals surface area contributed by atoms with Crippen molar-refractivity contribution >= 4 is 35.0 Å².